The van der Waals surface area contributed by atoms with Gasteiger partial charge in [-0.3, -0.25) is 9.59 Å². The first kappa shape index (κ1) is 25.5. The summed E-state index contributed by atoms with van der Waals surface area (Å²) in [6, 6.07) is 17.8. The molecule has 2 rings (SSSR count). The van der Waals surface area contributed by atoms with E-state index in [1.807, 2.05) is 37.3 Å². The van der Waals surface area contributed by atoms with Gasteiger partial charge in [0.25, 0.3) is 0 Å². The van der Waals surface area contributed by atoms with Crippen molar-refractivity contribution in [1.82, 2.24) is 10.2 Å². The van der Waals surface area contributed by atoms with Crippen LogP contribution in [0.2, 0.25) is 0 Å². The Balaban J connectivity index is 2.02. The SMILES string of the molecule is CCCCNC(=O)[C@@H](CC)N(CCc1ccccc1)C(=O)CSCc1ccc(Br)cc1. The molecule has 0 saturated carbocycles. The predicted molar refractivity (Wildman–Crippen MR) is 134 cm³/mol. The summed E-state index contributed by atoms with van der Waals surface area (Å²) in [7, 11) is 0. The highest BCUT2D eigenvalue weighted by Gasteiger charge is 2.27. The minimum Gasteiger partial charge on any atom is -0.354 e. The molecule has 2 amide bonds. The van der Waals surface area contributed by atoms with Crippen LogP contribution >= 0.6 is 27.7 Å². The van der Waals surface area contributed by atoms with Crippen LogP contribution in [0.4, 0.5) is 0 Å². The van der Waals surface area contributed by atoms with E-state index in [0.29, 0.717) is 25.3 Å². The molecule has 0 heterocycles. The van der Waals surface area contributed by atoms with Crippen LogP contribution in [0.3, 0.4) is 0 Å². The lowest BCUT2D eigenvalue weighted by Gasteiger charge is -2.30. The molecule has 6 heteroatoms. The Hall–Kier alpha value is -1.79. The van der Waals surface area contributed by atoms with Gasteiger partial charge in [0, 0.05) is 23.3 Å². The lowest BCUT2D eigenvalue weighted by Crippen LogP contribution is -2.50. The molecule has 0 aliphatic carbocycles. The van der Waals surface area contributed by atoms with Crippen molar-refractivity contribution in [1.29, 1.82) is 0 Å². The van der Waals surface area contributed by atoms with Crippen molar-refractivity contribution in [2.24, 2.45) is 0 Å². The van der Waals surface area contributed by atoms with Crippen LogP contribution < -0.4 is 5.32 Å². The molecule has 31 heavy (non-hydrogen) atoms. The summed E-state index contributed by atoms with van der Waals surface area (Å²) in [5, 5.41) is 3.01. The number of unbranched alkanes of at least 4 members (excludes halogenated alkanes) is 1. The quantitative estimate of drug-likeness (QED) is 0.369. The van der Waals surface area contributed by atoms with Crippen molar-refractivity contribution in [2.75, 3.05) is 18.8 Å². The Labute approximate surface area is 199 Å². The van der Waals surface area contributed by atoms with Crippen LogP contribution in [0.1, 0.15) is 44.2 Å². The van der Waals surface area contributed by atoms with Gasteiger partial charge in [-0.25, -0.2) is 0 Å². The standard InChI is InChI=1S/C25H33BrN2O2S/c1-3-5-16-27-25(30)23(4-2)28(17-15-20-9-7-6-8-10-20)24(29)19-31-18-21-11-13-22(26)14-12-21/h6-14,23H,3-5,15-19H2,1-2H3,(H,27,30)/t23-/m1/s1. The number of benzene rings is 2. The fourth-order valence-corrected chi connectivity index (χ4v) is 4.46. The third kappa shape index (κ3) is 9.08. The molecule has 0 aliphatic heterocycles. The fourth-order valence-electron chi connectivity index (χ4n) is 3.32. The topological polar surface area (TPSA) is 49.4 Å². The number of hydrogen-bond donors (Lipinski definition) is 1. The van der Waals surface area contributed by atoms with E-state index in [4.69, 9.17) is 0 Å². The summed E-state index contributed by atoms with van der Waals surface area (Å²) in [6.45, 7) is 5.27. The van der Waals surface area contributed by atoms with E-state index < -0.39 is 6.04 Å². The summed E-state index contributed by atoms with van der Waals surface area (Å²) in [5.74, 6) is 1.11. The zero-order valence-electron chi connectivity index (χ0n) is 18.5. The highest BCUT2D eigenvalue weighted by atomic mass is 79.9. The van der Waals surface area contributed by atoms with Gasteiger partial charge in [0.2, 0.25) is 11.8 Å². The van der Waals surface area contributed by atoms with Crippen molar-refractivity contribution in [3.8, 4) is 0 Å². The molecule has 0 aromatic heterocycles. The fraction of sp³-hybridized carbons (Fsp3) is 0.440. The van der Waals surface area contributed by atoms with Crippen LogP contribution in [0.5, 0.6) is 0 Å². The first-order valence-corrected chi connectivity index (χ1v) is 12.9. The molecule has 2 aromatic rings. The number of nitrogens with one attached hydrogen (secondary N) is 1. The monoisotopic (exact) mass is 504 g/mol. The van der Waals surface area contributed by atoms with Gasteiger partial charge >= 0.3 is 0 Å². The summed E-state index contributed by atoms with van der Waals surface area (Å²) >= 11 is 5.04. The minimum absolute atomic E-state index is 0.0236. The van der Waals surface area contributed by atoms with Crippen molar-refractivity contribution in [2.45, 2.75) is 51.3 Å². The van der Waals surface area contributed by atoms with E-state index in [9.17, 15) is 9.59 Å². The minimum atomic E-state index is -0.429. The van der Waals surface area contributed by atoms with Gasteiger partial charge in [0.15, 0.2) is 0 Å². The zero-order valence-corrected chi connectivity index (χ0v) is 20.9. The normalized spacial score (nSPS) is 11.7. The van der Waals surface area contributed by atoms with Crippen molar-refractivity contribution < 1.29 is 9.59 Å². The maximum absolute atomic E-state index is 13.2. The van der Waals surface area contributed by atoms with Gasteiger partial charge in [-0.15, -0.1) is 11.8 Å². The number of halogens is 1. The molecular weight excluding hydrogens is 472 g/mol. The first-order valence-electron chi connectivity index (χ1n) is 11.0. The molecule has 168 valence electrons. The second-order valence-corrected chi connectivity index (χ2v) is 9.41. The van der Waals surface area contributed by atoms with Gasteiger partial charge in [0.1, 0.15) is 6.04 Å². The molecule has 0 fully saturated rings. The van der Waals surface area contributed by atoms with E-state index in [1.54, 1.807) is 16.7 Å². The van der Waals surface area contributed by atoms with Crippen LogP contribution in [-0.2, 0) is 21.8 Å². The number of nitrogens with zero attached hydrogens (tertiary/aromatic N) is 1. The van der Waals surface area contributed by atoms with Crippen LogP contribution in [0.25, 0.3) is 0 Å². The molecule has 0 aliphatic rings. The lowest BCUT2D eigenvalue weighted by molar-refractivity contribution is -0.138. The van der Waals surface area contributed by atoms with Crippen molar-refractivity contribution >= 4 is 39.5 Å². The third-order valence-electron chi connectivity index (χ3n) is 5.11. The Bertz CT molecular complexity index is 799. The van der Waals surface area contributed by atoms with E-state index in [1.165, 1.54) is 11.1 Å². The molecular formula is C25H33BrN2O2S. The molecule has 2 aromatic carbocycles. The van der Waals surface area contributed by atoms with Crippen LogP contribution in [-0.4, -0.2) is 41.6 Å². The number of thioether (sulfide) groups is 1. The number of rotatable bonds is 13. The van der Waals surface area contributed by atoms with Gasteiger partial charge in [-0.05, 0) is 42.5 Å². The Morgan fingerprint density at radius 3 is 2.39 bits per heavy atom. The molecule has 0 unspecified atom stereocenters. The van der Waals surface area contributed by atoms with E-state index in [-0.39, 0.29) is 11.8 Å². The molecule has 0 saturated heterocycles. The van der Waals surface area contributed by atoms with Gasteiger partial charge < -0.3 is 10.2 Å². The lowest BCUT2D eigenvalue weighted by atomic mass is 10.1. The van der Waals surface area contributed by atoms with Gasteiger partial charge in [-0.1, -0.05) is 78.7 Å². The molecule has 0 spiro atoms. The maximum atomic E-state index is 13.2. The van der Waals surface area contributed by atoms with Crippen molar-refractivity contribution in [3.63, 3.8) is 0 Å². The molecule has 1 atom stereocenters. The molecule has 0 bridgehead atoms. The average Bonchev–Trinajstić information content (AvgIpc) is 2.78. The van der Waals surface area contributed by atoms with Crippen LogP contribution in [0.15, 0.2) is 59.1 Å². The highest BCUT2D eigenvalue weighted by molar-refractivity contribution is 9.10. The highest BCUT2D eigenvalue weighted by Crippen LogP contribution is 2.18. The summed E-state index contributed by atoms with van der Waals surface area (Å²) in [5.41, 5.74) is 2.35. The molecule has 1 N–H and O–H groups in total. The van der Waals surface area contributed by atoms with Gasteiger partial charge in [0.05, 0.1) is 5.75 Å². The second kappa shape index (κ2) is 14.3. The number of carbonyl (C=O) groups excluding carboxylic acids is 2. The maximum Gasteiger partial charge on any atom is 0.242 e. The van der Waals surface area contributed by atoms with Crippen molar-refractivity contribution in [3.05, 3.63) is 70.2 Å². The summed E-state index contributed by atoms with van der Waals surface area (Å²) in [6.07, 6.45) is 3.32. The average molecular weight is 506 g/mol. The molecule has 4 nitrogen and oxygen atoms in total. The van der Waals surface area contributed by atoms with E-state index >= 15 is 0 Å². The third-order valence-corrected chi connectivity index (χ3v) is 6.62. The van der Waals surface area contributed by atoms with E-state index in [2.05, 4.69) is 52.4 Å². The Kier molecular flexibility index (Phi) is 11.8. The van der Waals surface area contributed by atoms with E-state index in [0.717, 1.165) is 29.5 Å². The summed E-state index contributed by atoms with van der Waals surface area (Å²) in [4.78, 5) is 27.8. The smallest absolute Gasteiger partial charge is 0.242 e. The van der Waals surface area contributed by atoms with Crippen LogP contribution in [0, 0.1) is 0 Å². The predicted octanol–water partition coefficient (Wildman–Crippen LogP) is 5.45. The first-order chi connectivity index (χ1) is 15.0. The summed E-state index contributed by atoms with van der Waals surface area (Å²) < 4.78 is 1.05. The second-order valence-electron chi connectivity index (χ2n) is 7.51. The Morgan fingerprint density at radius 1 is 1.03 bits per heavy atom. The van der Waals surface area contributed by atoms with Gasteiger partial charge in [-0.2, -0.15) is 0 Å². The Morgan fingerprint density at radius 2 is 1.74 bits per heavy atom. The zero-order chi connectivity index (χ0) is 22.5. The molecule has 0 radical (unpaired) electrons. The number of hydrogen-bond acceptors (Lipinski definition) is 3. The largest absolute Gasteiger partial charge is 0.354 e. The number of amides is 2. The number of carbonyl (C=O) groups is 2.